The van der Waals surface area contributed by atoms with E-state index in [1.165, 1.54) is 0 Å². The zero-order valence-corrected chi connectivity index (χ0v) is 14.4. The van der Waals surface area contributed by atoms with Crippen LogP contribution in [0.25, 0.3) is 11.1 Å². The molecular formula is C17H22N4O4. The van der Waals surface area contributed by atoms with Gasteiger partial charge in [0.05, 0.1) is 5.52 Å². The summed E-state index contributed by atoms with van der Waals surface area (Å²) >= 11 is 0. The van der Waals surface area contributed by atoms with Crippen molar-refractivity contribution in [1.29, 1.82) is 0 Å². The Morgan fingerprint density at radius 3 is 2.64 bits per heavy atom. The maximum Gasteiger partial charge on any atom is 0.417 e. The molecule has 2 aromatic rings. The van der Waals surface area contributed by atoms with Crippen LogP contribution in [0.1, 0.15) is 30.6 Å². The van der Waals surface area contributed by atoms with Gasteiger partial charge < -0.3 is 19.5 Å². The standard InChI is InChI=1S/C17H22N4O4/c1-11(2)18-16(23)21-7-3-6-20(8-9-21)15(22)12-4-5-14-13(10-12)19-17(24)25-14/h4-5,10-11H,3,6-9H2,1-2H3,(H,18,23)(H,19,24). The van der Waals surface area contributed by atoms with Crippen molar-refractivity contribution in [2.75, 3.05) is 26.2 Å². The molecule has 0 bridgehead atoms. The first-order valence-corrected chi connectivity index (χ1v) is 8.41. The molecule has 2 N–H and O–H groups in total. The summed E-state index contributed by atoms with van der Waals surface area (Å²) in [4.78, 5) is 42.1. The van der Waals surface area contributed by atoms with E-state index in [0.29, 0.717) is 42.8 Å². The molecule has 3 amide bonds. The summed E-state index contributed by atoms with van der Waals surface area (Å²) in [6, 6.07) is 4.87. The van der Waals surface area contributed by atoms with Gasteiger partial charge in [-0.05, 0) is 38.5 Å². The molecule has 8 nitrogen and oxygen atoms in total. The lowest BCUT2D eigenvalue weighted by atomic mass is 10.1. The number of urea groups is 1. The smallest absolute Gasteiger partial charge is 0.408 e. The zero-order valence-electron chi connectivity index (χ0n) is 14.4. The zero-order chi connectivity index (χ0) is 18.0. The number of hydrogen-bond donors (Lipinski definition) is 2. The van der Waals surface area contributed by atoms with Gasteiger partial charge in [-0.25, -0.2) is 9.59 Å². The quantitative estimate of drug-likeness (QED) is 0.858. The molecule has 0 aliphatic carbocycles. The lowest BCUT2D eigenvalue weighted by molar-refractivity contribution is 0.0762. The van der Waals surface area contributed by atoms with E-state index >= 15 is 0 Å². The molecule has 25 heavy (non-hydrogen) atoms. The van der Waals surface area contributed by atoms with E-state index in [4.69, 9.17) is 4.42 Å². The molecule has 2 heterocycles. The summed E-state index contributed by atoms with van der Waals surface area (Å²) in [6.07, 6.45) is 0.724. The Bertz CT molecular complexity index is 839. The Hall–Kier alpha value is -2.77. The van der Waals surface area contributed by atoms with Gasteiger partial charge >= 0.3 is 11.8 Å². The molecule has 1 saturated heterocycles. The van der Waals surface area contributed by atoms with Crippen molar-refractivity contribution in [3.63, 3.8) is 0 Å². The summed E-state index contributed by atoms with van der Waals surface area (Å²) in [7, 11) is 0. The number of aromatic nitrogens is 1. The lowest BCUT2D eigenvalue weighted by Gasteiger charge is -2.23. The number of hydrogen-bond acceptors (Lipinski definition) is 4. The highest BCUT2D eigenvalue weighted by Gasteiger charge is 2.23. The SMILES string of the molecule is CC(C)NC(=O)N1CCCN(C(=O)c2ccc3oc(=O)[nH]c3c2)CC1. The average molecular weight is 346 g/mol. The van der Waals surface area contributed by atoms with Gasteiger partial charge in [0, 0.05) is 37.8 Å². The normalized spacial score (nSPS) is 15.5. The summed E-state index contributed by atoms with van der Waals surface area (Å²) in [6.45, 7) is 6.02. The Kier molecular flexibility index (Phi) is 4.78. The van der Waals surface area contributed by atoms with E-state index in [1.807, 2.05) is 13.8 Å². The van der Waals surface area contributed by atoms with Crippen LogP contribution in [0.4, 0.5) is 4.79 Å². The Labute approximate surface area is 144 Å². The van der Waals surface area contributed by atoms with E-state index in [2.05, 4.69) is 10.3 Å². The Balaban J connectivity index is 1.69. The molecule has 1 aromatic carbocycles. The third-order valence-corrected chi connectivity index (χ3v) is 4.15. The highest BCUT2D eigenvalue weighted by molar-refractivity contribution is 5.97. The van der Waals surface area contributed by atoms with Gasteiger partial charge in [-0.2, -0.15) is 0 Å². The third kappa shape index (κ3) is 3.84. The second-order valence-corrected chi connectivity index (χ2v) is 6.46. The predicted octanol–water partition coefficient (Wildman–Crippen LogP) is 1.39. The number of amides is 3. The molecule has 1 aliphatic rings. The van der Waals surface area contributed by atoms with Crippen LogP contribution >= 0.6 is 0 Å². The van der Waals surface area contributed by atoms with Crippen molar-refractivity contribution in [3.8, 4) is 0 Å². The summed E-state index contributed by atoms with van der Waals surface area (Å²) < 4.78 is 4.95. The Morgan fingerprint density at radius 2 is 1.88 bits per heavy atom. The number of H-pyrrole nitrogens is 1. The number of aromatic amines is 1. The lowest BCUT2D eigenvalue weighted by Crippen LogP contribution is -2.44. The van der Waals surface area contributed by atoms with Crippen molar-refractivity contribution >= 4 is 23.0 Å². The van der Waals surface area contributed by atoms with Crippen LogP contribution < -0.4 is 11.1 Å². The van der Waals surface area contributed by atoms with Gasteiger partial charge in [0.15, 0.2) is 5.58 Å². The highest BCUT2D eigenvalue weighted by atomic mass is 16.4. The number of carbonyl (C=O) groups is 2. The fourth-order valence-corrected chi connectivity index (χ4v) is 2.93. The van der Waals surface area contributed by atoms with Crippen molar-refractivity contribution in [1.82, 2.24) is 20.1 Å². The first-order valence-electron chi connectivity index (χ1n) is 8.41. The van der Waals surface area contributed by atoms with Crippen molar-refractivity contribution in [2.45, 2.75) is 26.3 Å². The van der Waals surface area contributed by atoms with Gasteiger partial charge in [-0.3, -0.25) is 9.78 Å². The minimum absolute atomic E-state index is 0.0809. The number of carbonyl (C=O) groups excluding carboxylic acids is 2. The van der Waals surface area contributed by atoms with Crippen molar-refractivity contribution < 1.29 is 14.0 Å². The molecule has 0 atom stereocenters. The van der Waals surface area contributed by atoms with E-state index in [0.717, 1.165) is 6.42 Å². The van der Waals surface area contributed by atoms with Gasteiger partial charge in [0.25, 0.3) is 5.91 Å². The minimum Gasteiger partial charge on any atom is -0.408 e. The molecule has 3 rings (SSSR count). The fraction of sp³-hybridized carbons (Fsp3) is 0.471. The second kappa shape index (κ2) is 7.00. The van der Waals surface area contributed by atoms with Crippen LogP contribution in [0.5, 0.6) is 0 Å². The van der Waals surface area contributed by atoms with Gasteiger partial charge in [0.1, 0.15) is 0 Å². The molecule has 0 saturated carbocycles. The maximum atomic E-state index is 12.7. The van der Waals surface area contributed by atoms with E-state index in [-0.39, 0.29) is 18.0 Å². The van der Waals surface area contributed by atoms with Crippen LogP contribution in [0.2, 0.25) is 0 Å². The monoisotopic (exact) mass is 346 g/mol. The number of nitrogens with zero attached hydrogens (tertiary/aromatic N) is 2. The number of benzene rings is 1. The molecular weight excluding hydrogens is 324 g/mol. The van der Waals surface area contributed by atoms with E-state index < -0.39 is 5.76 Å². The van der Waals surface area contributed by atoms with Gasteiger partial charge in [-0.1, -0.05) is 0 Å². The van der Waals surface area contributed by atoms with E-state index in [1.54, 1.807) is 28.0 Å². The van der Waals surface area contributed by atoms with Crippen molar-refractivity contribution in [3.05, 3.63) is 34.3 Å². The molecule has 0 radical (unpaired) electrons. The first kappa shape index (κ1) is 17.1. The van der Waals surface area contributed by atoms with Gasteiger partial charge in [-0.15, -0.1) is 0 Å². The molecule has 8 heteroatoms. The summed E-state index contributed by atoms with van der Waals surface area (Å²) in [5.74, 6) is -0.656. The molecule has 0 spiro atoms. The maximum absolute atomic E-state index is 12.7. The molecule has 1 fully saturated rings. The topological polar surface area (TPSA) is 98.7 Å². The summed E-state index contributed by atoms with van der Waals surface area (Å²) in [5.41, 5.74) is 1.42. The van der Waals surface area contributed by atoms with Crippen molar-refractivity contribution in [2.24, 2.45) is 0 Å². The van der Waals surface area contributed by atoms with Crippen LogP contribution in [-0.2, 0) is 0 Å². The van der Waals surface area contributed by atoms with Crippen LogP contribution in [0.15, 0.2) is 27.4 Å². The van der Waals surface area contributed by atoms with E-state index in [9.17, 15) is 14.4 Å². The predicted molar refractivity (Wildman–Crippen MR) is 92.6 cm³/mol. The second-order valence-electron chi connectivity index (χ2n) is 6.46. The largest absolute Gasteiger partial charge is 0.417 e. The number of fused-ring (bicyclic) bond motifs is 1. The average Bonchev–Trinajstić information content (AvgIpc) is 2.77. The number of rotatable bonds is 2. The Morgan fingerprint density at radius 1 is 1.16 bits per heavy atom. The van der Waals surface area contributed by atoms with Crippen LogP contribution in [0, 0.1) is 0 Å². The molecule has 1 aromatic heterocycles. The third-order valence-electron chi connectivity index (χ3n) is 4.15. The minimum atomic E-state index is -0.541. The molecule has 0 unspecified atom stereocenters. The van der Waals surface area contributed by atoms with Crippen LogP contribution in [-0.4, -0.2) is 58.9 Å². The highest BCUT2D eigenvalue weighted by Crippen LogP contribution is 2.15. The number of oxazole rings is 1. The summed E-state index contributed by atoms with van der Waals surface area (Å²) in [5, 5.41) is 2.88. The molecule has 134 valence electrons. The first-order chi connectivity index (χ1) is 11.9. The fourth-order valence-electron chi connectivity index (χ4n) is 2.93. The number of nitrogens with one attached hydrogen (secondary N) is 2. The van der Waals surface area contributed by atoms with Gasteiger partial charge in [0.2, 0.25) is 0 Å². The van der Waals surface area contributed by atoms with Crippen LogP contribution in [0.3, 0.4) is 0 Å². The molecule has 1 aliphatic heterocycles.